The number of hydrogen-bond donors (Lipinski definition) is 1. The van der Waals surface area contributed by atoms with Crippen LogP contribution in [0.1, 0.15) is 32.1 Å². The number of terminal acetylenes is 1. The number of nitrogens with zero attached hydrogens (tertiary/aromatic N) is 1. The van der Waals surface area contributed by atoms with Crippen molar-refractivity contribution in [3.8, 4) is 12.3 Å². The van der Waals surface area contributed by atoms with Gasteiger partial charge in [-0.25, -0.2) is 0 Å². The molecule has 0 aromatic rings. The Balaban J connectivity index is 2.80. The Morgan fingerprint density at radius 1 is 1.43 bits per heavy atom. The van der Waals surface area contributed by atoms with Gasteiger partial charge in [0.05, 0.1) is 0 Å². The van der Waals surface area contributed by atoms with E-state index < -0.39 is 0 Å². The van der Waals surface area contributed by atoms with Crippen LogP contribution >= 0.6 is 0 Å². The van der Waals surface area contributed by atoms with Crippen LogP contribution in [0.4, 0.5) is 0 Å². The first-order valence-corrected chi connectivity index (χ1v) is 5.45. The number of hydrogen-bond acceptors (Lipinski definition) is 2. The maximum Gasteiger partial charge on any atom is 0.0365 e. The molecular formula is C12H22N2. The standard InChI is InChI=1S/C12H22N2/c1-5-8-11(13-2)12(14(3)4)9-6-7-10-12/h1,11,13H,6-10H2,2-4H3. The van der Waals surface area contributed by atoms with Crippen molar-refractivity contribution < 1.29 is 0 Å². The van der Waals surface area contributed by atoms with E-state index in [1.807, 2.05) is 7.05 Å². The fraction of sp³-hybridized carbons (Fsp3) is 0.833. The molecule has 0 aromatic carbocycles. The van der Waals surface area contributed by atoms with Crippen molar-refractivity contribution in [1.29, 1.82) is 0 Å². The Kier molecular flexibility index (Phi) is 3.97. The number of likely N-dealkylation sites (N-methyl/N-ethyl adjacent to an activating group) is 2. The van der Waals surface area contributed by atoms with Crippen LogP contribution in [0.2, 0.25) is 0 Å². The fourth-order valence-corrected chi connectivity index (χ4v) is 2.77. The molecule has 1 unspecified atom stereocenters. The molecule has 1 N–H and O–H groups in total. The van der Waals surface area contributed by atoms with Crippen LogP contribution in [-0.2, 0) is 0 Å². The molecule has 0 aliphatic heterocycles. The first kappa shape index (κ1) is 11.6. The average Bonchev–Trinajstić information content (AvgIpc) is 2.64. The lowest BCUT2D eigenvalue weighted by atomic mass is 9.85. The second kappa shape index (κ2) is 4.82. The largest absolute Gasteiger partial charge is 0.314 e. The summed E-state index contributed by atoms with van der Waals surface area (Å²) < 4.78 is 0. The molecule has 1 fully saturated rings. The van der Waals surface area contributed by atoms with E-state index in [0.717, 1.165) is 6.42 Å². The lowest BCUT2D eigenvalue weighted by molar-refractivity contribution is 0.110. The first-order chi connectivity index (χ1) is 6.67. The molecule has 1 atom stereocenters. The van der Waals surface area contributed by atoms with Crippen molar-refractivity contribution in [2.45, 2.75) is 43.7 Å². The highest BCUT2D eigenvalue weighted by atomic mass is 15.2. The second-order valence-electron chi connectivity index (χ2n) is 4.45. The SMILES string of the molecule is C#CCC(NC)C1(N(C)C)CCCC1. The van der Waals surface area contributed by atoms with Gasteiger partial charge in [0, 0.05) is 18.0 Å². The molecule has 0 saturated heterocycles. The summed E-state index contributed by atoms with van der Waals surface area (Å²) in [4.78, 5) is 2.36. The summed E-state index contributed by atoms with van der Waals surface area (Å²) in [6.07, 6.45) is 11.5. The van der Waals surface area contributed by atoms with Crippen LogP contribution in [0.25, 0.3) is 0 Å². The Morgan fingerprint density at radius 2 is 2.00 bits per heavy atom. The zero-order chi connectivity index (χ0) is 10.6. The van der Waals surface area contributed by atoms with E-state index >= 15 is 0 Å². The van der Waals surface area contributed by atoms with E-state index in [9.17, 15) is 0 Å². The molecule has 0 radical (unpaired) electrons. The molecular weight excluding hydrogens is 172 g/mol. The average molecular weight is 194 g/mol. The van der Waals surface area contributed by atoms with Crippen molar-refractivity contribution in [3.63, 3.8) is 0 Å². The van der Waals surface area contributed by atoms with Crippen molar-refractivity contribution in [2.24, 2.45) is 0 Å². The Bertz CT molecular complexity index is 209. The molecule has 1 aliphatic rings. The summed E-state index contributed by atoms with van der Waals surface area (Å²) in [5.41, 5.74) is 0.293. The molecule has 0 spiro atoms. The van der Waals surface area contributed by atoms with Crippen LogP contribution in [0.3, 0.4) is 0 Å². The van der Waals surface area contributed by atoms with Crippen molar-refractivity contribution >= 4 is 0 Å². The summed E-state index contributed by atoms with van der Waals surface area (Å²) in [6, 6.07) is 0.435. The second-order valence-corrected chi connectivity index (χ2v) is 4.45. The smallest absolute Gasteiger partial charge is 0.0365 e. The third-order valence-corrected chi connectivity index (χ3v) is 3.68. The molecule has 14 heavy (non-hydrogen) atoms. The number of rotatable bonds is 4. The fourth-order valence-electron chi connectivity index (χ4n) is 2.77. The van der Waals surface area contributed by atoms with E-state index in [0.29, 0.717) is 11.6 Å². The summed E-state index contributed by atoms with van der Waals surface area (Å²) in [6.45, 7) is 0. The minimum atomic E-state index is 0.293. The molecule has 0 amide bonds. The first-order valence-electron chi connectivity index (χ1n) is 5.45. The quantitative estimate of drug-likeness (QED) is 0.682. The zero-order valence-electron chi connectivity index (χ0n) is 9.64. The predicted octanol–water partition coefficient (Wildman–Crippen LogP) is 1.47. The Morgan fingerprint density at radius 3 is 2.36 bits per heavy atom. The minimum absolute atomic E-state index is 0.293. The predicted molar refractivity (Wildman–Crippen MR) is 61.2 cm³/mol. The van der Waals surface area contributed by atoms with Gasteiger partial charge in [0.1, 0.15) is 0 Å². The molecule has 0 heterocycles. The lowest BCUT2D eigenvalue weighted by Crippen LogP contribution is -2.56. The Hall–Kier alpha value is -0.520. The van der Waals surface area contributed by atoms with Crippen LogP contribution in [-0.4, -0.2) is 37.6 Å². The van der Waals surface area contributed by atoms with E-state index in [1.165, 1.54) is 25.7 Å². The van der Waals surface area contributed by atoms with Gasteiger partial charge < -0.3 is 10.2 Å². The highest BCUT2D eigenvalue weighted by Crippen LogP contribution is 2.37. The van der Waals surface area contributed by atoms with Gasteiger partial charge in [-0.3, -0.25) is 0 Å². The van der Waals surface area contributed by atoms with Crippen LogP contribution < -0.4 is 5.32 Å². The number of nitrogens with one attached hydrogen (secondary N) is 1. The highest BCUT2D eigenvalue weighted by Gasteiger charge is 2.41. The van der Waals surface area contributed by atoms with Gasteiger partial charge in [-0.1, -0.05) is 12.8 Å². The molecule has 0 bridgehead atoms. The molecule has 2 nitrogen and oxygen atoms in total. The van der Waals surface area contributed by atoms with Gasteiger partial charge in [0.15, 0.2) is 0 Å². The summed E-state index contributed by atoms with van der Waals surface area (Å²) in [5, 5.41) is 3.38. The topological polar surface area (TPSA) is 15.3 Å². The maximum atomic E-state index is 5.42. The summed E-state index contributed by atoms with van der Waals surface area (Å²) in [5.74, 6) is 2.79. The molecule has 1 saturated carbocycles. The van der Waals surface area contributed by atoms with Crippen molar-refractivity contribution in [3.05, 3.63) is 0 Å². The lowest BCUT2D eigenvalue weighted by Gasteiger charge is -2.42. The molecule has 1 rings (SSSR count). The van der Waals surface area contributed by atoms with Gasteiger partial charge in [-0.05, 0) is 34.0 Å². The molecule has 1 aliphatic carbocycles. The van der Waals surface area contributed by atoms with Gasteiger partial charge in [-0.15, -0.1) is 12.3 Å². The van der Waals surface area contributed by atoms with E-state index in [4.69, 9.17) is 6.42 Å². The van der Waals surface area contributed by atoms with Crippen LogP contribution in [0.15, 0.2) is 0 Å². The van der Waals surface area contributed by atoms with Crippen molar-refractivity contribution in [1.82, 2.24) is 10.2 Å². The van der Waals surface area contributed by atoms with E-state index in [2.05, 4.69) is 30.2 Å². The van der Waals surface area contributed by atoms with Gasteiger partial charge in [0.2, 0.25) is 0 Å². The summed E-state index contributed by atoms with van der Waals surface area (Å²) >= 11 is 0. The maximum absolute atomic E-state index is 5.42. The third kappa shape index (κ3) is 1.94. The van der Waals surface area contributed by atoms with Crippen molar-refractivity contribution in [2.75, 3.05) is 21.1 Å². The van der Waals surface area contributed by atoms with Gasteiger partial charge in [0.25, 0.3) is 0 Å². The monoisotopic (exact) mass is 194 g/mol. The van der Waals surface area contributed by atoms with E-state index in [-0.39, 0.29) is 0 Å². The van der Waals surface area contributed by atoms with Crippen LogP contribution in [0, 0.1) is 12.3 Å². The van der Waals surface area contributed by atoms with Gasteiger partial charge in [-0.2, -0.15) is 0 Å². The minimum Gasteiger partial charge on any atom is -0.314 e. The molecule has 80 valence electrons. The summed E-state index contributed by atoms with van der Waals surface area (Å²) in [7, 11) is 6.37. The van der Waals surface area contributed by atoms with E-state index in [1.54, 1.807) is 0 Å². The van der Waals surface area contributed by atoms with Crippen LogP contribution in [0.5, 0.6) is 0 Å². The van der Waals surface area contributed by atoms with Gasteiger partial charge >= 0.3 is 0 Å². The molecule has 0 aromatic heterocycles. The Labute approximate surface area is 88.1 Å². The molecule has 2 heteroatoms. The normalized spacial score (nSPS) is 22.2. The third-order valence-electron chi connectivity index (χ3n) is 3.68. The zero-order valence-corrected chi connectivity index (χ0v) is 9.64. The highest BCUT2D eigenvalue weighted by molar-refractivity contribution is 5.06.